The van der Waals surface area contributed by atoms with E-state index in [1.54, 1.807) is 0 Å². The molecule has 0 bridgehead atoms. The molecule has 0 amide bonds. The SMILES string of the molecule is [O]C1CCN(C2CCCC2C2CCC2)CC1. The molecule has 1 heterocycles. The fourth-order valence-corrected chi connectivity index (χ4v) is 4.05. The van der Waals surface area contributed by atoms with Crippen molar-refractivity contribution in [2.24, 2.45) is 11.8 Å². The van der Waals surface area contributed by atoms with Gasteiger partial charge in [0.2, 0.25) is 0 Å². The maximum atomic E-state index is 11.4. The number of likely N-dealkylation sites (tertiary alicyclic amines) is 1. The third-order valence-electron chi connectivity index (χ3n) is 5.23. The summed E-state index contributed by atoms with van der Waals surface area (Å²) in [6, 6.07) is 0.845. The number of hydrogen-bond acceptors (Lipinski definition) is 1. The fraction of sp³-hybridized carbons (Fsp3) is 1.00. The molecule has 2 aliphatic carbocycles. The lowest BCUT2D eigenvalue weighted by molar-refractivity contribution is 0.0000225. The number of rotatable bonds is 2. The minimum absolute atomic E-state index is 0.264. The lowest BCUT2D eigenvalue weighted by atomic mass is 9.73. The van der Waals surface area contributed by atoms with Gasteiger partial charge in [-0.1, -0.05) is 25.7 Å². The summed E-state index contributed by atoms with van der Waals surface area (Å²) in [6.45, 7) is 2.17. The Morgan fingerprint density at radius 3 is 2.12 bits per heavy atom. The lowest BCUT2D eigenvalue weighted by Crippen LogP contribution is -2.46. The van der Waals surface area contributed by atoms with Gasteiger partial charge in [0.05, 0.1) is 6.10 Å². The summed E-state index contributed by atoms with van der Waals surface area (Å²) in [7, 11) is 0. The zero-order valence-electron chi connectivity index (χ0n) is 10.2. The topological polar surface area (TPSA) is 23.1 Å². The van der Waals surface area contributed by atoms with Crippen LogP contribution in [0, 0.1) is 11.8 Å². The molecule has 2 atom stereocenters. The van der Waals surface area contributed by atoms with Gasteiger partial charge in [-0.3, -0.25) is 4.90 Å². The van der Waals surface area contributed by atoms with E-state index in [0.29, 0.717) is 0 Å². The smallest absolute Gasteiger partial charge is 0.0954 e. The summed E-state index contributed by atoms with van der Waals surface area (Å²) in [5.41, 5.74) is 0. The normalized spacial score (nSPS) is 38.8. The monoisotopic (exact) mass is 222 g/mol. The maximum Gasteiger partial charge on any atom is 0.0954 e. The highest BCUT2D eigenvalue weighted by Gasteiger charge is 2.39. The zero-order chi connectivity index (χ0) is 11.0. The molecular weight excluding hydrogens is 198 g/mol. The molecule has 16 heavy (non-hydrogen) atoms. The Labute approximate surface area is 99.0 Å². The van der Waals surface area contributed by atoms with Crippen LogP contribution in [0.5, 0.6) is 0 Å². The second kappa shape index (κ2) is 4.66. The minimum Gasteiger partial charge on any atom is -0.300 e. The van der Waals surface area contributed by atoms with Crippen LogP contribution >= 0.6 is 0 Å². The molecule has 0 aromatic carbocycles. The first kappa shape index (κ1) is 11.0. The van der Waals surface area contributed by atoms with Gasteiger partial charge >= 0.3 is 0 Å². The first-order valence-corrected chi connectivity index (χ1v) is 7.24. The van der Waals surface area contributed by atoms with Gasteiger partial charge in [0.25, 0.3) is 0 Å². The van der Waals surface area contributed by atoms with Crippen molar-refractivity contribution in [2.45, 2.75) is 63.5 Å². The van der Waals surface area contributed by atoms with Crippen molar-refractivity contribution in [1.29, 1.82) is 0 Å². The molecule has 2 nitrogen and oxygen atoms in total. The van der Waals surface area contributed by atoms with Gasteiger partial charge in [0, 0.05) is 19.1 Å². The Morgan fingerprint density at radius 2 is 1.50 bits per heavy atom. The maximum absolute atomic E-state index is 11.4. The molecule has 3 aliphatic rings. The molecule has 1 radical (unpaired) electrons. The second-order valence-corrected chi connectivity index (χ2v) is 6.09. The first-order valence-electron chi connectivity index (χ1n) is 7.24. The zero-order valence-corrected chi connectivity index (χ0v) is 10.2. The number of piperidine rings is 1. The van der Waals surface area contributed by atoms with Gasteiger partial charge in [-0.2, -0.15) is 0 Å². The summed E-state index contributed by atoms with van der Waals surface area (Å²) in [5, 5.41) is 11.4. The molecule has 0 N–H and O–H groups in total. The first-order chi connectivity index (χ1) is 7.84. The molecule has 0 spiro atoms. The van der Waals surface area contributed by atoms with E-state index in [4.69, 9.17) is 0 Å². The summed E-state index contributed by atoms with van der Waals surface area (Å²) >= 11 is 0. The molecule has 1 aliphatic heterocycles. The summed E-state index contributed by atoms with van der Waals surface area (Å²) in [5.74, 6) is 2.02. The van der Waals surface area contributed by atoms with Crippen LogP contribution in [0.25, 0.3) is 0 Å². The third-order valence-corrected chi connectivity index (χ3v) is 5.23. The van der Waals surface area contributed by atoms with E-state index < -0.39 is 0 Å². The van der Waals surface area contributed by atoms with Crippen LogP contribution in [0.1, 0.15) is 51.4 Å². The Morgan fingerprint density at radius 1 is 0.812 bits per heavy atom. The third kappa shape index (κ3) is 2.02. The molecule has 2 unspecified atom stereocenters. The van der Waals surface area contributed by atoms with Crippen molar-refractivity contribution >= 4 is 0 Å². The van der Waals surface area contributed by atoms with Crippen LogP contribution < -0.4 is 0 Å². The van der Waals surface area contributed by atoms with Crippen LogP contribution in [0.4, 0.5) is 0 Å². The van der Waals surface area contributed by atoms with Crippen molar-refractivity contribution in [3.05, 3.63) is 0 Å². The molecular formula is C14H24NO. The van der Waals surface area contributed by atoms with Crippen molar-refractivity contribution in [3.63, 3.8) is 0 Å². The predicted octanol–water partition coefficient (Wildman–Crippen LogP) is 2.85. The van der Waals surface area contributed by atoms with Crippen LogP contribution in [-0.2, 0) is 5.11 Å². The number of hydrogen-bond donors (Lipinski definition) is 0. The predicted molar refractivity (Wildman–Crippen MR) is 63.8 cm³/mol. The average molecular weight is 222 g/mol. The van der Waals surface area contributed by atoms with Crippen LogP contribution in [-0.4, -0.2) is 30.1 Å². The largest absolute Gasteiger partial charge is 0.300 e. The summed E-state index contributed by atoms with van der Waals surface area (Å²) in [4.78, 5) is 2.66. The van der Waals surface area contributed by atoms with Crippen LogP contribution in [0.2, 0.25) is 0 Å². The van der Waals surface area contributed by atoms with Crippen LogP contribution in [0.15, 0.2) is 0 Å². The molecule has 3 rings (SSSR count). The van der Waals surface area contributed by atoms with Crippen molar-refractivity contribution in [3.8, 4) is 0 Å². The van der Waals surface area contributed by atoms with Gasteiger partial charge in [-0.15, -0.1) is 0 Å². The molecule has 2 heteroatoms. The lowest BCUT2D eigenvalue weighted by Gasteiger charge is -2.42. The Kier molecular flexibility index (Phi) is 3.21. The molecule has 0 aromatic rings. The van der Waals surface area contributed by atoms with E-state index in [-0.39, 0.29) is 6.10 Å². The number of nitrogens with zero attached hydrogens (tertiary/aromatic N) is 1. The molecule has 2 saturated carbocycles. The standard InChI is InChI=1S/C14H24NO/c16-12-7-9-15(10-8-12)14-6-2-5-13(14)11-3-1-4-11/h11-14H,1-10H2. The highest BCUT2D eigenvalue weighted by atomic mass is 16.3. The summed E-state index contributed by atoms with van der Waals surface area (Å²) in [6.07, 6.45) is 10.3. The Balaban J connectivity index is 1.59. The molecule has 3 fully saturated rings. The fourth-order valence-electron chi connectivity index (χ4n) is 4.05. The van der Waals surface area contributed by atoms with E-state index in [0.717, 1.165) is 43.8 Å². The summed E-state index contributed by atoms with van der Waals surface area (Å²) < 4.78 is 0. The highest BCUT2D eigenvalue weighted by Crippen LogP contribution is 2.44. The Bertz CT molecular complexity index is 231. The quantitative estimate of drug-likeness (QED) is 0.704. The molecule has 1 saturated heterocycles. The van der Waals surface area contributed by atoms with Crippen molar-refractivity contribution in [2.75, 3.05) is 13.1 Å². The molecule has 91 valence electrons. The second-order valence-electron chi connectivity index (χ2n) is 6.09. The van der Waals surface area contributed by atoms with E-state index in [1.807, 2.05) is 0 Å². The van der Waals surface area contributed by atoms with E-state index in [9.17, 15) is 5.11 Å². The van der Waals surface area contributed by atoms with Gasteiger partial charge in [-0.05, 0) is 37.5 Å². The van der Waals surface area contributed by atoms with Crippen LogP contribution in [0.3, 0.4) is 0 Å². The van der Waals surface area contributed by atoms with E-state index in [1.165, 1.54) is 38.5 Å². The average Bonchev–Trinajstić information content (AvgIpc) is 2.65. The van der Waals surface area contributed by atoms with E-state index in [2.05, 4.69) is 4.90 Å². The minimum atomic E-state index is -0.264. The van der Waals surface area contributed by atoms with E-state index >= 15 is 0 Å². The Hall–Kier alpha value is -0.0800. The van der Waals surface area contributed by atoms with Crippen molar-refractivity contribution in [1.82, 2.24) is 4.90 Å². The highest BCUT2D eigenvalue weighted by molar-refractivity contribution is 4.93. The van der Waals surface area contributed by atoms with Gasteiger partial charge < -0.3 is 0 Å². The van der Waals surface area contributed by atoms with Gasteiger partial charge in [0.1, 0.15) is 0 Å². The van der Waals surface area contributed by atoms with Gasteiger partial charge in [0.15, 0.2) is 0 Å². The molecule has 0 aromatic heterocycles. The van der Waals surface area contributed by atoms with Gasteiger partial charge in [-0.25, -0.2) is 5.11 Å². The van der Waals surface area contributed by atoms with Crippen molar-refractivity contribution < 1.29 is 5.11 Å².